The molecule has 1 fully saturated rings. The first-order valence-corrected chi connectivity index (χ1v) is 11.5. The minimum Gasteiger partial charge on any atom is -0.399 e. The van der Waals surface area contributed by atoms with Crippen LogP contribution >= 0.6 is 0 Å². The molecule has 5 rings (SSSR count). The molecule has 32 heavy (non-hydrogen) atoms. The van der Waals surface area contributed by atoms with E-state index < -0.39 is 0 Å². The van der Waals surface area contributed by atoms with Crippen molar-refractivity contribution in [3.8, 4) is 23.0 Å². The van der Waals surface area contributed by atoms with E-state index in [1.165, 1.54) is 38.6 Å². The van der Waals surface area contributed by atoms with Crippen LogP contribution in [0.3, 0.4) is 0 Å². The van der Waals surface area contributed by atoms with Crippen LogP contribution in [0.1, 0.15) is 65.2 Å². The van der Waals surface area contributed by atoms with E-state index in [9.17, 15) is 0 Å². The Balaban J connectivity index is 1.65. The van der Waals surface area contributed by atoms with Crippen molar-refractivity contribution in [3.05, 3.63) is 65.2 Å². The van der Waals surface area contributed by atoms with Gasteiger partial charge in [-0.2, -0.15) is 0 Å². The molecule has 1 aliphatic heterocycles. The van der Waals surface area contributed by atoms with Gasteiger partial charge in [0.25, 0.3) is 0 Å². The third-order valence-electron chi connectivity index (χ3n) is 7.79. The normalized spacial score (nSPS) is 19.4. The topological polar surface area (TPSA) is 18.5 Å². The molecule has 162 valence electrons. The van der Waals surface area contributed by atoms with E-state index >= 15 is 0 Å². The lowest BCUT2D eigenvalue weighted by atomic mass is 9.74. The molecule has 3 heteroatoms. The molecular weight excluding hydrogens is 391 g/mol. The standard InChI is InChI=1S/C29H31BO2/c1-8-9-11-19-12-10-13-22-21(19)16-17-24-26(22)23-15-14-20(18-25(23)27(24,2)3)30-31-28(4,5)29(6,7)32-30/h10,12-18H,11H2,1-7H3. The summed E-state index contributed by atoms with van der Waals surface area (Å²) in [4.78, 5) is 0. The summed E-state index contributed by atoms with van der Waals surface area (Å²) in [6, 6.07) is 18.0. The van der Waals surface area contributed by atoms with E-state index in [2.05, 4.69) is 102 Å². The highest BCUT2D eigenvalue weighted by atomic mass is 16.7. The molecule has 0 N–H and O–H groups in total. The second-order valence-corrected chi connectivity index (χ2v) is 10.6. The zero-order valence-electron chi connectivity index (χ0n) is 20.2. The van der Waals surface area contributed by atoms with E-state index in [1.807, 2.05) is 6.92 Å². The zero-order chi connectivity index (χ0) is 22.9. The minimum atomic E-state index is -0.347. The number of rotatable bonds is 2. The second kappa shape index (κ2) is 6.98. The maximum atomic E-state index is 6.34. The molecule has 0 atom stereocenters. The van der Waals surface area contributed by atoms with Crippen molar-refractivity contribution >= 4 is 23.4 Å². The Morgan fingerprint density at radius 1 is 0.812 bits per heavy atom. The molecule has 1 aliphatic carbocycles. The van der Waals surface area contributed by atoms with Crippen molar-refractivity contribution in [1.82, 2.24) is 0 Å². The van der Waals surface area contributed by atoms with Crippen LogP contribution in [0, 0.1) is 11.8 Å². The lowest BCUT2D eigenvalue weighted by Crippen LogP contribution is -2.41. The largest absolute Gasteiger partial charge is 0.494 e. The molecular formula is C29H31BO2. The van der Waals surface area contributed by atoms with Gasteiger partial charge in [0.05, 0.1) is 11.2 Å². The second-order valence-electron chi connectivity index (χ2n) is 10.6. The van der Waals surface area contributed by atoms with Gasteiger partial charge in [-0.1, -0.05) is 68.3 Å². The van der Waals surface area contributed by atoms with Gasteiger partial charge < -0.3 is 9.31 Å². The SMILES string of the molecule is CC#CCc1cccc2c3c(ccc12)C(C)(C)c1cc(B2OC(C)(C)C(C)(C)O2)ccc1-3. The van der Waals surface area contributed by atoms with E-state index in [4.69, 9.17) is 9.31 Å². The molecule has 0 saturated carbocycles. The van der Waals surface area contributed by atoms with Crippen LogP contribution in [-0.2, 0) is 21.1 Å². The Hall–Kier alpha value is -2.54. The Labute approximate surface area is 192 Å². The fourth-order valence-electron chi connectivity index (χ4n) is 5.14. The summed E-state index contributed by atoms with van der Waals surface area (Å²) in [6.45, 7) is 15.0. The molecule has 2 aliphatic rings. The maximum absolute atomic E-state index is 6.34. The van der Waals surface area contributed by atoms with Crippen molar-refractivity contribution in [3.63, 3.8) is 0 Å². The van der Waals surface area contributed by atoms with Crippen LogP contribution in [0.25, 0.3) is 21.9 Å². The monoisotopic (exact) mass is 422 g/mol. The Morgan fingerprint density at radius 3 is 2.22 bits per heavy atom. The van der Waals surface area contributed by atoms with Crippen LogP contribution in [0.4, 0.5) is 0 Å². The van der Waals surface area contributed by atoms with Gasteiger partial charge in [-0.3, -0.25) is 0 Å². The van der Waals surface area contributed by atoms with Gasteiger partial charge >= 0.3 is 7.12 Å². The van der Waals surface area contributed by atoms with Crippen LogP contribution in [-0.4, -0.2) is 18.3 Å². The van der Waals surface area contributed by atoms with E-state index in [0.717, 1.165) is 11.9 Å². The van der Waals surface area contributed by atoms with Gasteiger partial charge in [0.1, 0.15) is 0 Å². The van der Waals surface area contributed by atoms with Gasteiger partial charge in [-0.05, 0) is 78.7 Å². The maximum Gasteiger partial charge on any atom is 0.494 e. The van der Waals surface area contributed by atoms with Crippen molar-refractivity contribution in [2.24, 2.45) is 0 Å². The van der Waals surface area contributed by atoms with Crippen LogP contribution < -0.4 is 5.46 Å². The summed E-state index contributed by atoms with van der Waals surface area (Å²) in [5, 5.41) is 2.61. The molecule has 3 aromatic carbocycles. The predicted octanol–water partition coefficient (Wildman–Crippen LogP) is 6.01. The highest BCUT2D eigenvalue weighted by Crippen LogP contribution is 2.51. The van der Waals surface area contributed by atoms with Crippen molar-refractivity contribution in [2.75, 3.05) is 0 Å². The molecule has 0 spiro atoms. The first kappa shape index (κ1) is 21.3. The van der Waals surface area contributed by atoms with Crippen molar-refractivity contribution < 1.29 is 9.31 Å². The molecule has 0 amide bonds. The minimum absolute atomic E-state index is 0.0856. The number of hydrogen-bond donors (Lipinski definition) is 0. The van der Waals surface area contributed by atoms with Gasteiger partial charge in [0, 0.05) is 11.8 Å². The first-order chi connectivity index (χ1) is 15.1. The lowest BCUT2D eigenvalue weighted by Gasteiger charge is -2.32. The highest BCUT2D eigenvalue weighted by molar-refractivity contribution is 6.62. The van der Waals surface area contributed by atoms with Crippen molar-refractivity contribution in [1.29, 1.82) is 0 Å². The van der Waals surface area contributed by atoms with E-state index in [-0.39, 0.29) is 23.7 Å². The van der Waals surface area contributed by atoms with Crippen LogP contribution in [0.5, 0.6) is 0 Å². The lowest BCUT2D eigenvalue weighted by molar-refractivity contribution is 0.00578. The smallest absolute Gasteiger partial charge is 0.399 e. The summed E-state index contributed by atoms with van der Waals surface area (Å²) in [5.41, 5.74) is 7.00. The average Bonchev–Trinajstić information content (AvgIpc) is 3.11. The number of hydrogen-bond acceptors (Lipinski definition) is 2. The zero-order valence-corrected chi connectivity index (χ0v) is 20.2. The first-order valence-electron chi connectivity index (χ1n) is 11.5. The Morgan fingerprint density at radius 2 is 1.53 bits per heavy atom. The van der Waals surface area contributed by atoms with Gasteiger partial charge in [-0.15, -0.1) is 5.92 Å². The average molecular weight is 422 g/mol. The Bertz CT molecular complexity index is 1290. The molecule has 0 radical (unpaired) electrons. The van der Waals surface area contributed by atoms with Crippen LogP contribution in [0.15, 0.2) is 48.5 Å². The molecule has 0 unspecified atom stereocenters. The summed E-state index contributed by atoms with van der Waals surface area (Å²) in [6.07, 6.45) is 0.781. The van der Waals surface area contributed by atoms with Crippen molar-refractivity contribution in [2.45, 2.75) is 71.5 Å². The van der Waals surface area contributed by atoms with Crippen LogP contribution in [0.2, 0.25) is 0 Å². The number of benzene rings is 3. The van der Waals surface area contributed by atoms with Gasteiger partial charge in [-0.25, -0.2) is 0 Å². The quantitative estimate of drug-likeness (QED) is 0.372. The molecule has 1 heterocycles. The third kappa shape index (κ3) is 2.97. The molecule has 2 nitrogen and oxygen atoms in total. The number of fused-ring (bicyclic) bond motifs is 5. The molecule has 0 bridgehead atoms. The summed E-state index contributed by atoms with van der Waals surface area (Å²) < 4.78 is 12.7. The Kier molecular flexibility index (Phi) is 4.65. The molecule has 1 saturated heterocycles. The van der Waals surface area contributed by atoms with Gasteiger partial charge in [0.15, 0.2) is 0 Å². The third-order valence-corrected chi connectivity index (χ3v) is 7.79. The predicted molar refractivity (Wildman–Crippen MR) is 134 cm³/mol. The summed E-state index contributed by atoms with van der Waals surface area (Å²) in [5.74, 6) is 6.27. The fraction of sp³-hybridized carbons (Fsp3) is 0.379. The van der Waals surface area contributed by atoms with Gasteiger partial charge in [0.2, 0.25) is 0 Å². The summed E-state index contributed by atoms with van der Waals surface area (Å²) in [7, 11) is -0.347. The van der Waals surface area contributed by atoms with E-state index in [0.29, 0.717) is 0 Å². The molecule has 3 aromatic rings. The summed E-state index contributed by atoms with van der Waals surface area (Å²) >= 11 is 0. The van der Waals surface area contributed by atoms with E-state index in [1.54, 1.807) is 0 Å². The molecule has 0 aromatic heterocycles. The highest BCUT2D eigenvalue weighted by Gasteiger charge is 2.52. The fourth-order valence-corrected chi connectivity index (χ4v) is 5.14.